The number of furan rings is 1. The monoisotopic (exact) mass is 488 g/mol. The van der Waals surface area contributed by atoms with E-state index in [4.69, 9.17) is 4.42 Å². The minimum atomic E-state index is -0.250. The van der Waals surface area contributed by atoms with Crippen molar-refractivity contribution in [3.05, 3.63) is 136 Å². The van der Waals surface area contributed by atoms with E-state index >= 15 is 0 Å². The summed E-state index contributed by atoms with van der Waals surface area (Å²) < 4.78 is 5.83. The topological polar surface area (TPSA) is 72.2 Å². The fourth-order valence-electron chi connectivity index (χ4n) is 4.71. The number of pyridine rings is 1. The number of aryl methyl sites for hydroxylation is 3. The molecule has 0 aliphatic rings. The summed E-state index contributed by atoms with van der Waals surface area (Å²) in [5.41, 5.74) is 7.23. The molecule has 5 aromatic rings. The van der Waals surface area contributed by atoms with E-state index in [0.29, 0.717) is 11.1 Å². The van der Waals surface area contributed by atoms with Gasteiger partial charge in [-0.25, -0.2) is 0 Å². The summed E-state index contributed by atoms with van der Waals surface area (Å²) in [6, 6.07) is 25.1. The van der Waals surface area contributed by atoms with Crippen molar-refractivity contribution in [1.82, 2.24) is 10.3 Å². The summed E-state index contributed by atoms with van der Waals surface area (Å²) >= 11 is 0. The summed E-state index contributed by atoms with van der Waals surface area (Å²) in [5.74, 6) is -0.000152. The molecule has 0 saturated carbocycles. The van der Waals surface area contributed by atoms with E-state index in [0.717, 1.165) is 33.2 Å². The fraction of sp³-hybridized carbons (Fsp3) is 0.156. The summed E-state index contributed by atoms with van der Waals surface area (Å²) in [6.45, 7) is 5.99. The molecule has 1 N–H and O–H groups in total. The van der Waals surface area contributed by atoms with Gasteiger partial charge in [-0.05, 0) is 72.9 Å². The van der Waals surface area contributed by atoms with Crippen molar-refractivity contribution >= 4 is 22.7 Å². The molecule has 184 valence electrons. The van der Waals surface area contributed by atoms with Gasteiger partial charge in [-0.2, -0.15) is 0 Å². The first-order valence-corrected chi connectivity index (χ1v) is 12.3. The first-order valence-electron chi connectivity index (χ1n) is 12.3. The largest absolute Gasteiger partial charge is 0.453 e. The van der Waals surface area contributed by atoms with E-state index in [-0.39, 0.29) is 29.9 Å². The highest BCUT2D eigenvalue weighted by atomic mass is 16.3. The van der Waals surface area contributed by atoms with Crippen LogP contribution in [0.3, 0.4) is 0 Å². The van der Waals surface area contributed by atoms with Crippen LogP contribution in [-0.2, 0) is 11.2 Å². The second kappa shape index (κ2) is 10.2. The number of carbonyl (C=O) groups excluding carboxylic acids is 2. The van der Waals surface area contributed by atoms with Crippen LogP contribution in [0.1, 0.15) is 55.5 Å². The van der Waals surface area contributed by atoms with Crippen LogP contribution in [0.4, 0.5) is 0 Å². The predicted molar refractivity (Wildman–Crippen MR) is 145 cm³/mol. The normalized spacial score (nSPS) is 11.9. The number of nitrogens with zero attached hydrogens (tertiary/aromatic N) is 1. The molecule has 37 heavy (non-hydrogen) atoms. The highest BCUT2D eigenvalue weighted by Crippen LogP contribution is 2.27. The molecular weight excluding hydrogens is 460 g/mol. The second-order valence-electron chi connectivity index (χ2n) is 9.45. The molecule has 0 unspecified atom stereocenters. The standard InChI is InChI=1S/C32H28N2O3/c1-20-9-11-26(21(2)15-20)31(24-7-5-4-6-8-24)34-30(35)17-23-10-12-28-25(16-23)18-29(37-28)32(36)27-13-14-33-19-22(27)3/h4-16,18-19,31H,17H2,1-3H3,(H,34,35)/t31-/m0/s1. The van der Waals surface area contributed by atoms with Crippen molar-refractivity contribution < 1.29 is 14.0 Å². The van der Waals surface area contributed by atoms with Crippen molar-refractivity contribution in [2.45, 2.75) is 33.2 Å². The Labute approximate surface area is 216 Å². The quantitative estimate of drug-likeness (QED) is 0.268. The van der Waals surface area contributed by atoms with E-state index in [9.17, 15) is 9.59 Å². The number of fused-ring (bicyclic) bond motifs is 1. The summed E-state index contributed by atoms with van der Waals surface area (Å²) in [4.78, 5) is 30.2. The van der Waals surface area contributed by atoms with Gasteiger partial charge in [0, 0.05) is 23.3 Å². The van der Waals surface area contributed by atoms with Crippen molar-refractivity contribution in [2.75, 3.05) is 0 Å². The Morgan fingerprint density at radius 1 is 0.892 bits per heavy atom. The molecule has 5 nitrogen and oxygen atoms in total. The lowest BCUT2D eigenvalue weighted by molar-refractivity contribution is -0.120. The third-order valence-electron chi connectivity index (χ3n) is 6.61. The molecule has 5 rings (SSSR count). The Balaban J connectivity index is 1.37. The van der Waals surface area contributed by atoms with Crippen LogP contribution in [0.25, 0.3) is 11.0 Å². The van der Waals surface area contributed by atoms with Gasteiger partial charge in [0.25, 0.3) is 0 Å². The van der Waals surface area contributed by atoms with E-state index in [1.54, 1.807) is 24.5 Å². The minimum absolute atomic E-state index is 0.0830. The zero-order valence-corrected chi connectivity index (χ0v) is 21.1. The maximum atomic E-state index is 13.2. The number of rotatable bonds is 7. The van der Waals surface area contributed by atoms with Gasteiger partial charge in [0.15, 0.2) is 5.76 Å². The Morgan fingerprint density at radius 2 is 1.70 bits per heavy atom. The molecule has 0 radical (unpaired) electrons. The van der Waals surface area contributed by atoms with E-state index in [2.05, 4.69) is 42.3 Å². The molecule has 0 fully saturated rings. The molecular formula is C32H28N2O3. The molecule has 0 bridgehead atoms. The highest BCUT2D eigenvalue weighted by molar-refractivity contribution is 6.09. The molecule has 0 aliphatic heterocycles. The lowest BCUT2D eigenvalue weighted by Gasteiger charge is -2.22. The molecule has 5 heteroatoms. The molecule has 1 amide bonds. The second-order valence-corrected chi connectivity index (χ2v) is 9.45. The van der Waals surface area contributed by atoms with Crippen LogP contribution < -0.4 is 5.32 Å². The van der Waals surface area contributed by atoms with Gasteiger partial charge < -0.3 is 9.73 Å². The van der Waals surface area contributed by atoms with E-state index in [1.807, 2.05) is 55.5 Å². The minimum Gasteiger partial charge on any atom is -0.453 e. The first kappa shape index (κ1) is 24.2. The Kier molecular flexibility index (Phi) is 6.69. The molecule has 0 spiro atoms. The van der Waals surface area contributed by atoms with Gasteiger partial charge in [0.1, 0.15) is 5.58 Å². The Hall–Kier alpha value is -4.51. The number of ketones is 1. The molecule has 1 atom stereocenters. The zero-order valence-electron chi connectivity index (χ0n) is 21.1. The van der Waals surface area contributed by atoms with Gasteiger partial charge in [0.2, 0.25) is 11.7 Å². The van der Waals surface area contributed by atoms with Crippen molar-refractivity contribution in [3.8, 4) is 0 Å². The molecule has 0 saturated heterocycles. The van der Waals surface area contributed by atoms with Gasteiger partial charge in [-0.15, -0.1) is 0 Å². The van der Waals surface area contributed by atoms with Gasteiger partial charge >= 0.3 is 0 Å². The molecule has 2 aromatic heterocycles. The highest BCUT2D eigenvalue weighted by Gasteiger charge is 2.20. The third-order valence-corrected chi connectivity index (χ3v) is 6.61. The fourth-order valence-corrected chi connectivity index (χ4v) is 4.71. The lowest BCUT2D eigenvalue weighted by atomic mass is 9.93. The van der Waals surface area contributed by atoms with Crippen molar-refractivity contribution in [1.29, 1.82) is 0 Å². The van der Waals surface area contributed by atoms with Gasteiger partial charge in [0.05, 0.1) is 12.5 Å². The van der Waals surface area contributed by atoms with Crippen LogP contribution in [0.2, 0.25) is 0 Å². The van der Waals surface area contributed by atoms with E-state index in [1.165, 1.54) is 5.56 Å². The number of carbonyl (C=O) groups is 2. The SMILES string of the molecule is Cc1ccc([C@@H](NC(=O)Cc2ccc3oc(C(=O)c4ccncc4C)cc3c2)c2ccccc2)c(C)c1. The predicted octanol–water partition coefficient (Wildman–Crippen LogP) is 6.43. The van der Waals surface area contributed by atoms with Crippen LogP contribution in [0.5, 0.6) is 0 Å². The maximum absolute atomic E-state index is 13.2. The smallest absolute Gasteiger partial charge is 0.228 e. The van der Waals surface area contributed by atoms with Crippen LogP contribution in [-0.4, -0.2) is 16.7 Å². The van der Waals surface area contributed by atoms with Gasteiger partial charge in [-0.3, -0.25) is 14.6 Å². The molecule has 2 heterocycles. The van der Waals surface area contributed by atoms with Crippen molar-refractivity contribution in [2.24, 2.45) is 0 Å². The van der Waals surface area contributed by atoms with Crippen LogP contribution in [0, 0.1) is 20.8 Å². The third kappa shape index (κ3) is 5.21. The zero-order chi connectivity index (χ0) is 25.9. The number of amides is 1. The van der Waals surface area contributed by atoms with E-state index < -0.39 is 0 Å². The van der Waals surface area contributed by atoms with Crippen LogP contribution >= 0.6 is 0 Å². The van der Waals surface area contributed by atoms with Gasteiger partial charge in [-0.1, -0.05) is 60.2 Å². The summed E-state index contributed by atoms with van der Waals surface area (Å²) in [6.07, 6.45) is 3.47. The van der Waals surface area contributed by atoms with Crippen molar-refractivity contribution in [3.63, 3.8) is 0 Å². The Bertz CT molecular complexity index is 1600. The number of benzene rings is 3. The average Bonchev–Trinajstić information content (AvgIpc) is 3.32. The number of nitrogens with one attached hydrogen (secondary N) is 1. The van der Waals surface area contributed by atoms with Crippen LogP contribution in [0.15, 0.2) is 95.7 Å². The Morgan fingerprint density at radius 3 is 2.46 bits per heavy atom. The summed E-state index contributed by atoms with van der Waals surface area (Å²) in [7, 11) is 0. The summed E-state index contributed by atoms with van der Waals surface area (Å²) in [5, 5.41) is 4.02. The number of hydrogen-bond acceptors (Lipinski definition) is 4. The maximum Gasteiger partial charge on any atom is 0.228 e. The average molecular weight is 489 g/mol. The first-order chi connectivity index (χ1) is 17.9. The number of hydrogen-bond donors (Lipinski definition) is 1. The number of aromatic nitrogens is 1. The molecule has 0 aliphatic carbocycles. The molecule has 3 aromatic carbocycles. The lowest BCUT2D eigenvalue weighted by Crippen LogP contribution is -2.31.